The minimum absolute atomic E-state index is 0.00151. The van der Waals surface area contributed by atoms with Crippen molar-refractivity contribution < 1.29 is 14.3 Å². The minimum atomic E-state index is -0.102. The summed E-state index contributed by atoms with van der Waals surface area (Å²) in [7, 11) is 1.65. The zero-order valence-electron chi connectivity index (χ0n) is 10.0. The summed E-state index contributed by atoms with van der Waals surface area (Å²) in [6.07, 6.45) is 0. The molecule has 0 atom stereocenters. The van der Waals surface area contributed by atoms with E-state index in [9.17, 15) is 9.59 Å². The Labute approximate surface area is 105 Å². The van der Waals surface area contributed by atoms with Crippen LogP contribution in [0.4, 0.5) is 4.79 Å². The molecule has 1 saturated heterocycles. The highest BCUT2D eigenvalue weighted by Crippen LogP contribution is 2.16. The van der Waals surface area contributed by atoms with Gasteiger partial charge in [0, 0.05) is 39.0 Å². The first kappa shape index (κ1) is 14.3. The summed E-state index contributed by atoms with van der Waals surface area (Å²) >= 11 is 1.27. The summed E-state index contributed by atoms with van der Waals surface area (Å²) in [5, 5.41) is 5.88. The molecule has 1 fully saturated rings. The molecule has 1 rings (SSSR count). The highest BCUT2D eigenvalue weighted by atomic mass is 32.2. The zero-order valence-corrected chi connectivity index (χ0v) is 10.8. The topological polar surface area (TPSA) is 70.7 Å². The van der Waals surface area contributed by atoms with Crippen molar-refractivity contribution in [1.82, 2.24) is 15.5 Å². The van der Waals surface area contributed by atoms with Crippen molar-refractivity contribution in [3.63, 3.8) is 0 Å². The van der Waals surface area contributed by atoms with Crippen molar-refractivity contribution in [1.29, 1.82) is 0 Å². The zero-order chi connectivity index (χ0) is 12.5. The van der Waals surface area contributed by atoms with Gasteiger partial charge < -0.3 is 20.3 Å². The number of carbonyl (C=O) groups is 2. The van der Waals surface area contributed by atoms with E-state index < -0.39 is 0 Å². The fourth-order valence-corrected chi connectivity index (χ4v) is 2.21. The number of ether oxygens (including phenoxy) is 1. The Morgan fingerprint density at radius 2 is 2.29 bits per heavy atom. The van der Waals surface area contributed by atoms with E-state index in [1.807, 2.05) is 0 Å². The van der Waals surface area contributed by atoms with Crippen LogP contribution in [0.15, 0.2) is 0 Å². The van der Waals surface area contributed by atoms with E-state index in [-0.39, 0.29) is 17.7 Å². The van der Waals surface area contributed by atoms with E-state index in [1.54, 1.807) is 12.0 Å². The average molecular weight is 261 g/mol. The van der Waals surface area contributed by atoms with Gasteiger partial charge in [-0.25, -0.2) is 0 Å². The molecule has 1 heterocycles. The van der Waals surface area contributed by atoms with Crippen LogP contribution >= 0.6 is 11.8 Å². The van der Waals surface area contributed by atoms with Crippen molar-refractivity contribution in [2.75, 3.05) is 52.2 Å². The number of nitrogens with one attached hydrogen (secondary N) is 2. The van der Waals surface area contributed by atoms with E-state index in [2.05, 4.69) is 10.6 Å². The minimum Gasteiger partial charge on any atom is -0.383 e. The third-order valence-corrected chi connectivity index (χ3v) is 3.18. The smallest absolute Gasteiger partial charge is 0.282 e. The molecule has 0 aromatic carbocycles. The van der Waals surface area contributed by atoms with Crippen molar-refractivity contribution in [3.05, 3.63) is 0 Å². The number of carbonyl (C=O) groups excluding carboxylic acids is 2. The molecular formula is C10H19N3O3S. The van der Waals surface area contributed by atoms with E-state index in [4.69, 9.17) is 4.74 Å². The Kier molecular flexibility index (Phi) is 6.99. The highest BCUT2D eigenvalue weighted by Gasteiger charge is 2.22. The summed E-state index contributed by atoms with van der Waals surface area (Å²) in [5.74, 6) is 0.680. The Morgan fingerprint density at radius 3 is 2.94 bits per heavy atom. The maximum absolute atomic E-state index is 11.5. The number of nitrogens with zero attached hydrogens (tertiary/aromatic N) is 1. The molecule has 1 aliphatic rings. The van der Waals surface area contributed by atoms with Crippen LogP contribution in [0.25, 0.3) is 0 Å². The van der Waals surface area contributed by atoms with Crippen LogP contribution in [0.5, 0.6) is 0 Å². The quantitative estimate of drug-likeness (QED) is 0.577. The van der Waals surface area contributed by atoms with Crippen molar-refractivity contribution in [2.24, 2.45) is 0 Å². The molecule has 2 amide bonds. The molecule has 0 saturated carbocycles. The predicted octanol–water partition coefficient (Wildman–Crippen LogP) is -0.493. The standard InChI is InChI=1S/C10H19N3O3S/c1-16-6-4-11-2-3-12-9(14)8-13-5-7-17-10(13)15/h11H,2-8H2,1H3,(H,12,14). The molecular weight excluding hydrogens is 242 g/mol. The lowest BCUT2D eigenvalue weighted by Crippen LogP contribution is -2.40. The summed E-state index contributed by atoms with van der Waals surface area (Å²) in [6.45, 7) is 3.55. The average Bonchev–Trinajstić information content (AvgIpc) is 2.69. The van der Waals surface area contributed by atoms with Crippen LogP contribution in [-0.4, -0.2) is 68.2 Å². The van der Waals surface area contributed by atoms with E-state index >= 15 is 0 Å². The van der Waals surface area contributed by atoms with Crippen LogP contribution in [0.3, 0.4) is 0 Å². The number of hydrogen-bond acceptors (Lipinski definition) is 5. The lowest BCUT2D eigenvalue weighted by Gasteiger charge is -2.14. The van der Waals surface area contributed by atoms with Crippen molar-refractivity contribution in [2.45, 2.75) is 0 Å². The second-order valence-electron chi connectivity index (χ2n) is 3.63. The summed E-state index contributed by atoms with van der Waals surface area (Å²) in [6, 6.07) is 0. The largest absolute Gasteiger partial charge is 0.383 e. The second-order valence-corrected chi connectivity index (χ2v) is 4.67. The Hall–Kier alpha value is -0.790. The molecule has 0 radical (unpaired) electrons. The Balaban J connectivity index is 1.99. The first-order valence-electron chi connectivity index (χ1n) is 5.62. The normalized spacial score (nSPS) is 15.4. The molecule has 17 heavy (non-hydrogen) atoms. The molecule has 0 unspecified atom stereocenters. The second kappa shape index (κ2) is 8.32. The van der Waals surface area contributed by atoms with Crippen LogP contribution in [0.2, 0.25) is 0 Å². The van der Waals surface area contributed by atoms with Gasteiger partial charge in [-0.05, 0) is 0 Å². The first-order valence-corrected chi connectivity index (χ1v) is 6.60. The van der Waals surface area contributed by atoms with E-state index in [0.717, 1.165) is 12.3 Å². The molecule has 98 valence electrons. The molecule has 2 N–H and O–H groups in total. The van der Waals surface area contributed by atoms with Gasteiger partial charge >= 0.3 is 0 Å². The summed E-state index contributed by atoms with van der Waals surface area (Å²) in [5.41, 5.74) is 0. The van der Waals surface area contributed by atoms with Crippen molar-refractivity contribution >= 4 is 22.9 Å². The monoisotopic (exact) mass is 261 g/mol. The maximum Gasteiger partial charge on any atom is 0.282 e. The molecule has 0 spiro atoms. The van der Waals surface area contributed by atoms with Gasteiger partial charge in [0.05, 0.1) is 6.61 Å². The summed E-state index contributed by atoms with van der Waals surface area (Å²) < 4.78 is 4.87. The SMILES string of the molecule is COCCNCCNC(=O)CN1CCSC1=O. The number of amides is 2. The summed E-state index contributed by atoms with van der Waals surface area (Å²) in [4.78, 5) is 24.3. The number of rotatable bonds is 8. The molecule has 7 heteroatoms. The van der Waals surface area contributed by atoms with E-state index in [0.29, 0.717) is 26.2 Å². The van der Waals surface area contributed by atoms with Gasteiger partial charge in [-0.2, -0.15) is 0 Å². The fourth-order valence-electron chi connectivity index (χ4n) is 1.39. The van der Waals surface area contributed by atoms with Crippen LogP contribution in [-0.2, 0) is 9.53 Å². The maximum atomic E-state index is 11.5. The molecule has 0 aromatic rings. The lowest BCUT2D eigenvalue weighted by molar-refractivity contribution is -0.121. The number of methoxy groups -OCH3 is 1. The van der Waals surface area contributed by atoms with Gasteiger partial charge in [0.25, 0.3) is 5.24 Å². The fraction of sp³-hybridized carbons (Fsp3) is 0.800. The lowest BCUT2D eigenvalue weighted by atomic mass is 10.4. The third kappa shape index (κ3) is 5.90. The molecule has 0 aromatic heterocycles. The number of thioether (sulfide) groups is 1. The van der Waals surface area contributed by atoms with Gasteiger partial charge in [0.2, 0.25) is 5.91 Å². The third-order valence-electron chi connectivity index (χ3n) is 2.29. The molecule has 1 aliphatic heterocycles. The van der Waals surface area contributed by atoms with Crippen molar-refractivity contribution in [3.8, 4) is 0 Å². The van der Waals surface area contributed by atoms with Gasteiger partial charge in [0.15, 0.2) is 0 Å². The van der Waals surface area contributed by atoms with E-state index in [1.165, 1.54) is 11.8 Å². The Morgan fingerprint density at radius 1 is 1.47 bits per heavy atom. The Bertz CT molecular complexity index is 263. The van der Waals surface area contributed by atoms with Gasteiger partial charge in [-0.1, -0.05) is 11.8 Å². The number of hydrogen-bond donors (Lipinski definition) is 2. The molecule has 6 nitrogen and oxygen atoms in total. The van der Waals surface area contributed by atoms with Gasteiger partial charge in [0.1, 0.15) is 6.54 Å². The van der Waals surface area contributed by atoms with Gasteiger partial charge in [-0.3, -0.25) is 9.59 Å². The predicted molar refractivity (Wildman–Crippen MR) is 67.2 cm³/mol. The first-order chi connectivity index (χ1) is 8.24. The van der Waals surface area contributed by atoms with Crippen LogP contribution in [0.1, 0.15) is 0 Å². The van der Waals surface area contributed by atoms with Gasteiger partial charge in [-0.15, -0.1) is 0 Å². The molecule has 0 bridgehead atoms. The highest BCUT2D eigenvalue weighted by molar-refractivity contribution is 8.13. The molecule has 0 aliphatic carbocycles. The van der Waals surface area contributed by atoms with Crippen LogP contribution < -0.4 is 10.6 Å². The van der Waals surface area contributed by atoms with Crippen LogP contribution in [0, 0.1) is 0 Å².